The summed E-state index contributed by atoms with van der Waals surface area (Å²) in [6.45, 7) is 0. The van der Waals surface area contributed by atoms with Crippen LogP contribution in [0, 0.1) is 0 Å². The second-order valence-electron chi connectivity index (χ2n) is 13.8. The van der Waals surface area contributed by atoms with Gasteiger partial charge in [0.2, 0.25) is 0 Å². The molecule has 0 saturated heterocycles. The maximum Gasteiger partial charge on any atom is 0.0625 e. The summed E-state index contributed by atoms with van der Waals surface area (Å²) in [5, 5.41) is 4.98. The summed E-state index contributed by atoms with van der Waals surface area (Å²) >= 11 is 0. The number of fused-ring (bicyclic) bond motifs is 4. The van der Waals surface area contributed by atoms with E-state index >= 15 is 0 Å². The van der Waals surface area contributed by atoms with E-state index in [1.54, 1.807) is 0 Å². The van der Waals surface area contributed by atoms with Crippen LogP contribution in [-0.2, 0) is 0 Å². The molecule has 9 aromatic carbocycles. The van der Waals surface area contributed by atoms with Gasteiger partial charge in [-0.15, -0.1) is 0 Å². The third-order valence-electron chi connectivity index (χ3n) is 10.6. The van der Waals surface area contributed by atoms with Crippen molar-refractivity contribution in [3.63, 3.8) is 0 Å². The van der Waals surface area contributed by atoms with E-state index in [1.165, 1.54) is 66.0 Å². The zero-order valence-corrected chi connectivity index (χ0v) is 29.7. The molecule has 10 rings (SSSR count). The summed E-state index contributed by atoms with van der Waals surface area (Å²) in [6, 6.07) is 78.8. The van der Waals surface area contributed by atoms with E-state index in [-0.39, 0.29) is 0 Å². The van der Waals surface area contributed by atoms with Crippen molar-refractivity contribution in [2.75, 3.05) is 4.90 Å². The number of nitrogens with zero attached hydrogens (tertiary/aromatic N) is 2. The third-order valence-corrected chi connectivity index (χ3v) is 10.6. The minimum Gasteiger partial charge on any atom is -0.311 e. The molecule has 0 atom stereocenters. The van der Waals surface area contributed by atoms with E-state index in [2.05, 4.69) is 228 Å². The van der Waals surface area contributed by atoms with E-state index in [0.717, 1.165) is 22.7 Å². The molecule has 0 saturated carbocycles. The van der Waals surface area contributed by atoms with Gasteiger partial charge in [-0.3, -0.25) is 0 Å². The van der Waals surface area contributed by atoms with Crippen molar-refractivity contribution in [3.05, 3.63) is 218 Å². The molecule has 0 unspecified atom stereocenters. The minimum absolute atomic E-state index is 1.10. The van der Waals surface area contributed by atoms with Crippen LogP contribution in [0.25, 0.3) is 71.6 Å². The molecule has 0 spiro atoms. The summed E-state index contributed by atoms with van der Waals surface area (Å²) in [4.78, 5) is 2.33. The highest BCUT2D eigenvalue weighted by molar-refractivity contribution is 6.21. The number of anilines is 3. The van der Waals surface area contributed by atoms with Crippen LogP contribution < -0.4 is 4.90 Å². The topological polar surface area (TPSA) is 8.17 Å². The molecule has 0 bridgehead atoms. The summed E-state index contributed by atoms with van der Waals surface area (Å²) in [5.74, 6) is 0. The van der Waals surface area contributed by atoms with E-state index in [9.17, 15) is 0 Å². The van der Waals surface area contributed by atoms with Gasteiger partial charge in [0.1, 0.15) is 0 Å². The van der Waals surface area contributed by atoms with E-state index in [0.29, 0.717) is 0 Å². The number of hydrogen-bond acceptors (Lipinski definition) is 1. The Morgan fingerprint density at radius 1 is 0.315 bits per heavy atom. The Bertz CT molecular complexity index is 2870. The van der Waals surface area contributed by atoms with E-state index in [4.69, 9.17) is 0 Å². The lowest BCUT2D eigenvalue weighted by Crippen LogP contribution is -2.10. The second kappa shape index (κ2) is 13.4. The lowest BCUT2D eigenvalue weighted by atomic mass is 9.93. The number of aromatic nitrogens is 1. The van der Waals surface area contributed by atoms with Gasteiger partial charge >= 0.3 is 0 Å². The summed E-state index contributed by atoms with van der Waals surface area (Å²) in [7, 11) is 0. The first-order valence-electron chi connectivity index (χ1n) is 18.5. The average molecular weight is 689 g/mol. The number of para-hydroxylation sites is 2. The summed E-state index contributed by atoms with van der Waals surface area (Å²) < 4.78 is 2.46. The number of hydrogen-bond donors (Lipinski definition) is 0. The fourth-order valence-corrected chi connectivity index (χ4v) is 8.02. The molecule has 0 radical (unpaired) electrons. The smallest absolute Gasteiger partial charge is 0.0625 e. The molecule has 54 heavy (non-hydrogen) atoms. The van der Waals surface area contributed by atoms with Gasteiger partial charge < -0.3 is 9.47 Å². The molecule has 0 aliphatic heterocycles. The van der Waals surface area contributed by atoms with E-state index in [1.807, 2.05) is 0 Å². The molecule has 2 nitrogen and oxygen atoms in total. The zero-order valence-electron chi connectivity index (χ0n) is 29.7. The predicted octanol–water partition coefficient (Wildman–Crippen LogP) is 14.4. The molecular weight excluding hydrogens is 653 g/mol. The molecular formula is C52H36N2. The van der Waals surface area contributed by atoms with Gasteiger partial charge in [-0.1, -0.05) is 158 Å². The van der Waals surface area contributed by atoms with Crippen LogP contribution in [0.4, 0.5) is 17.1 Å². The van der Waals surface area contributed by atoms with Gasteiger partial charge in [-0.05, 0) is 99.3 Å². The second-order valence-corrected chi connectivity index (χ2v) is 13.8. The highest BCUT2D eigenvalue weighted by Crippen LogP contribution is 2.44. The van der Waals surface area contributed by atoms with Gasteiger partial charge in [0.05, 0.1) is 11.0 Å². The largest absolute Gasteiger partial charge is 0.311 e. The Hall–Kier alpha value is -7.16. The van der Waals surface area contributed by atoms with Crippen molar-refractivity contribution in [2.24, 2.45) is 0 Å². The Morgan fingerprint density at radius 2 is 0.759 bits per heavy atom. The van der Waals surface area contributed by atoms with Crippen LogP contribution in [0.5, 0.6) is 0 Å². The highest BCUT2D eigenvalue weighted by atomic mass is 15.1. The van der Waals surface area contributed by atoms with Gasteiger partial charge in [-0.2, -0.15) is 0 Å². The standard InChI is InChI=1S/C52H36N2/c1-4-14-37(15-5-1)39-24-26-41(27-25-39)51-47-21-11-10-18-42(47)36-49-48-22-12-13-23-50(48)54(52(49)51)46-34-32-45(33-35-46)53(43-19-8-3-9-20-43)44-30-28-40(29-31-44)38-16-6-2-7-17-38/h1-36H. The molecule has 0 N–H and O–H groups in total. The Kier molecular flexibility index (Phi) is 7.85. The SMILES string of the molecule is c1ccc(-c2ccc(-c3c4ccccc4cc4c5ccccc5n(-c5ccc(N(c6ccccc6)c6ccc(-c7ccccc7)cc6)cc5)c34)cc2)cc1. The predicted molar refractivity (Wildman–Crippen MR) is 229 cm³/mol. The first kappa shape index (κ1) is 31.6. The summed E-state index contributed by atoms with van der Waals surface area (Å²) in [5.41, 5.74) is 14.1. The Labute approximate surface area is 315 Å². The van der Waals surface area contributed by atoms with Crippen molar-refractivity contribution in [1.82, 2.24) is 4.57 Å². The lowest BCUT2D eigenvalue weighted by molar-refractivity contribution is 1.18. The fourth-order valence-electron chi connectivity index (χ4n) is 8.02. The molecule has 2 heteroatoms. The Morgan fingerprint density at radius 3 is 1.39 bits per heavy atom. The van der Waals surface area contributed by atoms with Crippen LogP contribution in [0.3, 0.4) is 0 Å². The normalized spacial score (nSPS) is 11.3. The zero-order chi connectivity index (χ0) is 35.8. The molecule has 1 heterocycles. The molecule has 0 aliphatic rings. The third kappa shape index (κ3) is 5.53. The van der Waals surface area contributed by atoms with Crippen LogP contribution in [0.2, 0.25) is 0 Å². The van der Waals surface area contributed by atoms with Crippen molar-refractivity contribution < 1.29 is 0 Å². The van der Waals surface area contributed by atoms with Crippen molar-refractivity contribution in [1.29, 1.82) is 0 Å². The molecule has 0 amide bonds. The molecule has 0 fully saturated rings. The molecule has 1 aromatic heterocycles. The van der Waals surface area contributed by atoms with Crippen LogP contribution in [0.1, 0.15) is 0 Å². The lowest BCUT2D eigenvalue weighted by Gasteiger charge is -2.26. The maximum atomic E-state index is 2.46. The van der Waals surface area contributed by atoms with E-state index < -0.39 is 0 Å². The van der Waals surface area contributed by atoms with Gasteiger partial charge in [-0.25, -0.2) is 0 Å². The highest BCUT2D eigenvalue weighted by Gasteiger charge is 2.20. The fraction of sp³-hybridized carbons (Fsp3) is 0. The summed E-state index contributed by atoms with van der Waals surface area (Å²) in [6.07, 6.45) is 0. The average Bonchev–Trinajstić information content (AvgIpc) is 3.58. The number of benzene rings is 9. The maximum absolute atomic E-state index is 2.46. The van der Waals surface area contributed by atoms with Crippen molar-refractivity contribution in [3.8, 4) is 39.1 Å². The number of rotatable bonds is 7. The van der Waals surface area contributed by atoms with Crippen LogP contribution in [0.15, 0.2) is 218 Å². The van der Waals surface area contributed by atoms with Gasteiger partial charge in [0, 0.05) is 39.1 Å². The van der Waals surface area contributed by atoms with Crippen LogP contribution >= 0.6 is 0 Å². The first-order chi connectivity index (χ1) is 26.8. The molecule has 0 aliphatic carbocycles. The molecule has 10 aromatic rings. The monoisotopic (exact) mass is 688 g/mol. The van der Waals surface area contributed by atoms with Crippen molar-refractivity contribution >= 4 is 49.6 Å². The molecule has 254 valence electrons. The first-order valence-corrected chi connectivity index (χ1v) is 18.5. The van der Waals surface area contributed by atoms with Crippen LogP contribution in [-0.4, -0.2) is 4.57 Å². The van der Waals surface area contributed by atoms with Crippen molar-refractivity contribution in [2.45, 2.75) is 0 Å². The quantitative estimate of drug-likeness (QED) is 0.162. The Balaban J connectivity index is 1.14. The minimum atomic E-state index is 1.10. The van der Waals surface area contributed by atoms with Gasteiger partial charge in [0.25, 0.3) is 0 Å². The van der Waals surface area contributed by atoms with Gasteiger partial charge in [0.15, 0.2) is 0 Å².